The minimum Gasteiger partial charge on any atom is -0.496 e. The summed E-state index contributed by atoms with van der Waals surface area (Å²) in [6.45, 7) is 4.30. The van der Waals surface area contributed by atoms with Crippen LogP contribution in [0.3, 0.4) is 0 Å². The van der Waals surface area contributed by atoms with Crippen LogP contribution >= 0.6 is 11.6 Å². The number of morpholine rings is 1. The molecule has 3 aromatic rings. The van der Waals surface area contributed by atoms with E-state index < -0.39 is 0 Å². The van der Waals surface area contributed by atoms with Gasteiger partial charge in [0.25, 0.3) is 0 Å². The first-order valence-corrected chi connectivity index (χ1v) is 8.60. The molecular weight excluding hydrogens is 340 g/mol. The summed E-state index contributed by atoms with van der Waals surface area (Å²) in [5.74, 6) is 1.58. The van der Waals surface area contributed by atoms with Crippen LogP contribution in [0.1, 0.15) is 5.56 Å². The number of aromatic amines is 1. The molecule has 1 N–H and O–H groups in total. The quantitative estimate of drug-likeness (QED) is 0.776. The van der Waals surface area contributed by atoms with Crippen molar-refractivity contribution in [1.82, 2.24) is 19.9 Å². The van der Waals surface area contributed by atoms with Crippen LogP contribution in [0.25, 0.3) is 22.6 Å². The molecule has 0 spiro atoms. The summed E-state index contributed by atoms with van der Waals surface area (Å²) in [7, 11) is 1.69. The summed E-state index contributed by atoms with van der Waals surface area (Å²) in [6, 6.07) is 7.88. The lowest BCUT2D eigenvalue weighted by Crippen LogP contribution is -2.35. The molecule has 0 bridgehead atoms. The van der Waals surface area contributed by atoms with Crippen molar-refractivity contribution in [3.05, 3.63) is 41.0 Å². The molecule has 0 unspecified atom stereocenters. The maximum absolute atomic E-state index is 6.20. The zero-order chi connectivity index (χ0) is 17.2. The topological polar surface area (TPSA) is 63.3 Å². The van der Waals surface area contributed by atoms with E-state index in [-0.39, 0.29) is 0 Å². The average Bonchev–Trinajstić information content (AvgIpc) is 3.09. The summed E-state index contributed by atoms with van der Waals surface area (Å²) in [5.41, 5.74) is 3.45. The highest BCUT2D eigenvalue weighted by Crippen LogP contribution is 2.29. The molecule has 1 saturated heterocycles. The molecule has 1 aromatic carbocycles. The summed E-state index contributed by atoms with van der Waals surface area (Å²) in [5, 5.41) is 0.611. The van der Waals surface area contributed by atoms with Crippen LogP contribution in [0.2, 0.25) is 5.02 Å². The highest BCUT2D eigenvalue weighted by Gasteiger charge is 2.15. The number of aromatic nitrogens is 3. The van der Waals surface area contributed by atoms with Gasteiger partial charge < -0.3 is 14.5 Å². The van der Waals surface area contributed by atoms with Gasteiger partial charge in [0.15, 0.2) is 5.65 Å². The molecule has 1 aliphatic heterocycles. The van der Waals surface area contributed by atoms with E-state index in [9.17, 15) is 0 Å². The Labute approximate surface area is 150 Å². The number of fused-ring (bicyclic) bond motifs is 1. The number of nitrogens with zero attached hydrogens (tertiary/aromatic N) is 3. The van der Waals surface area contributed by atoms with E-state index in [1.54, 1.807) is 19.4 Å². The molecule has 4 rings (SSSR count). The molecule has 6 nitrogen and oxygen atoms in total. The number of rotatable bonds is 4. The minimum atomic E-state index is 0.610. The summed E-state index contributed by atoms with van der Waals surface area (Å²) in [6.07, 6.45) is 1.65. The van der Waals surface area contributed by atoms with Gasteiger partial charge in [-0.3, -0.25) is 4.90 Å². The normalized spacial score (nSPS) is 15.6. The van der Waals surface area contributed by atoms with Gasteiger partial charge in [0.05, 0.1) is 25.3 Å². The van der Waals surface area contributed by atoms with E-state index >= 15 is 0 Å². The standard InChI is InChI=1S/C18H19ClN4O2/c1-24-15-10-12(2-3-13(15)11-23-6-8-25-9-7-23)17-21-16-14(19)4-5-20-18(16)22-17/h2-5,10H,6-9,11H2,1H3,(H,20,21,22). The summed E-state index contributed by atoms with van der Waals surface area (Å²) in [4.78, 5) is 14.4. The number of hydrogen-bond acceptors (Lipinski definition) is 5. The lowest BCUT2D eigenvalue weighted by molar-refractivity contribution is 0.0339. The number of nitrogens with one attached hydrogen (secondary N) is 1. The number of hydrogen-bond donors (Lipinski definition) is 1. The van der Waals surface area contributed by atoms with Crippen LogP contribution in [0.4, 0.5) is 0 Å². The highest BCUT2D eigenvalue weighted by molar-refractivity contribution is 6.34. The van der Waals surface area contributed by atoms with Crippen molar-refractivity contribution in [1.29, 1.82) is 0 Å². The lowest BCUT2D eigenvalue weighted by Gasteiger charge is -2.27. The second-order valence-electron chi connectivity index (χ2n) is 5.99. The van der Waals surface area contributed by atoms with Gasteiger partial charge in [0.2, 0.25) is 0 Å². The van der Waals surface area contributed by atoms with Crippen LogP contribution in [0, 0.1) is 0 Å². The lowest BCUT2D eigenvalue weighted by atomic mass is 10.1. The van der Waals surface area contributed by atoms with Crippen LogP contribution < -0.4 is 4.74 Å². The molecule has 0 saturated carbocycles. The second kappa shape index (κ2) is 7.00. The van der Waals surface area contributed by atoms with Crippen molar-refractivity contribution < 1.29 is 9.47 Å². The Kier molecular flexibility index (Phi) is 4.57. The molecule has 25 heavy (non-hydrogen) atoms. The number of halogens is 1. The number of H-pyrrole nitrogens is 1. The minimum absolute atomic E-state index is 0.610. The van der Waals surface area contributed by atoms with E-state index in [4.69, 9.17) is 21.1 Å². The van der Waals surface area contributed by atoms with Gasteiger partial charge in [0.1, 0.15) is 17.1 Å². The predicted molar refractivity (Wildman–Crippen MR) is 97.0 cm³/mol. The van der Waals surface area contributed by atoms with E-state index in [0.29, 0.717) is 10.7 Å². The highest BCUT2D eigenvalue weighted by atomic mass is 35.5. The number of imidazole rings is 1. The van der Waals surface area contributed by atoms with Crippen molar-refractivity contribution in [2.45, 2.75) is 6.54 Å². The van der Waals surface area contributed by atoms with Crippen LogP contribution in [-0.2, 0) is 11.3 Å². The molecule has 0 radical (unpaired) electrons. The fourth-order valence-electron chi connectivity index (χ4n) is 3.04. The zero-order valence-electron chi connectivity index (χ0n) is 14.0. The fraction of sp³-hybridized carbons (Fsp3) is 0.333. The molecule has 0 amide bonds. The molecule has 1 fully saturated rings. The van der Waals surface area contributed by atoms with Gasteiger partial charge in [-0.15, -0.1) is 0 Å². The van der Waals surface area contributed by atoms with Gasteiger partial charge in [-0.1, -0.05) is 23.7 Å². The van der Waals surface area contributed by atoms with E-state index in [2.05, 4.69) is 25.9 Å². The summed E-state index contributed by atoms with van der Waals surface area (Å²) < 4.78 is 11.0. The predicted octanol–water partition coefficient (Wildman–Crippen LogP) is 3.12. The maximum atomic E-state index is 6.20. The molecule has 7 heteroatoms. The Morgan fingerprint density at radius 3 is 2.88 bits per heavy atom. The Morgan fingerprint density at radius 2 is 2.12 bits per heavy atom. The smallest absolute Gasteiger partial charge is 0.179 e. The van der Waals surface area contributed by atoms with Crippen molar-refractivity contribution in [2.75, 3.05) is 33.4 Å². The molecular formula is C18H19ClN4O2. The van der Waals surface area contributed by atoms with Gasteiger partial charge in [-0.2, -0.15) is 0 Å². The first-order chi connectivity index (χ1) is 12.2. The monoisotopic (exact) mass is 358 g/mol. The zero-order valence-corrected chi connectivity index (χ0v) is 14.7. The third kappa shape index (κ3) is 3.33. The maximum Gasteiger partial charge on any atom is 0.179 e. The molecule has 2 aromatic heterocycles. The van der Waals surface area contributed by atoms with Crippen molar-refractivity contribution in [3.8, 4) is 17.1 Å². The van der Waals surface area contributed by atoms with Gasteiger partial charge in [-0.25, -0.2) is 9.97 Å². The van der Waals surface area contributed by atoms with Gasteiger partial charge in [0, 0.05) is 37.0 Å². The first-order valence-electron chi connectivity index (χ1n) is 8.22. The van der Waals surface area contributed by atoms with Crippen LogP contribution in [-0.4, -0.2) is 53.3 Å². The van der Waals surface area contributed by atoms with Gasteiger partial charge >= 0.3 is 0 Å². The number of ether oxygens (including phenoxy) is 2. The molecule has 130 valence electrons. The van der Waals surface area contributed by atoms with Gasteiger partial charge in [-0.05, 0) is 12.1 Å². The van der Waals surface area contributed by atoms with Crippen molar-refractivity contribution >= 4 is 22.8 Å². The average molecular weight is 359 g/mol. The third-order valence-electron chi connectivity index (χ3n) is 4.40. The third-order valence-corrected chi connectivity index (χ3v) is 4.71. The molecule has 3 heterocycles. The molecule has 1 aliphatic rings. The SMILES string of the molecule is COc1cc(-c2nc3nccc(Cl)c3[nH]2)ccc1CN1CCOCC1. The fourth-order valence-corrected chi connectivity index (χ4v) is 3.23. The Balaban J connectivity index is 1.64. The summed E-state index contributed by atoms with van der Waals surface area (Å²) >= 11 is 6.20. The number of benzene rings is 1. The van der Waals surface area contributed by atoms with E-state index in [1.165, 1.54) is 0 Å². The Hall–Kier alpha value is -2.15. The number of pyridine rings is 1. The van der Waals surface area contributed by atoms with Crippen molar-refractivity contribution in [2.24, 2.45) is 0 Å². The Morgan fingerprint density at radius 1 is 1.28 bits per heavy atom. The van der Waals surface area contributed by atoms with Crippen LogP contribution in [0.15, 0.2) is 30.5 Å². The molecule has 0 atom stereocenters. The largest absolute Gasteiger partial charge is 0.496 e. The second-order valence-corrected chi connectivity index (χ2v) is 6.40. The Bertz CT molecular complexity index is 890. The molecule has 0 aliphatic carbocycles. The van der Waals surface area contributed by atoms with E-state index in [1.807, 2.05) is 12.1 Å². The van der Waals surface area contributed by atoms with Crippen molar-refractivity contribution in [3.63, 3.8) is 0 Å². The number of methoxy groups -OCH3 is 1. The van der Waals surface area contributed by atoms with Crippen LogP contribution in [0.5, 0.6) is 5.75 Å². The first kappa shape index (κ1) is 16.3. The van der Waals surface area contributed by atoms with E-state index in [0.717, 1.165) is 61.1 Å².